The highest BCUT2D eigenvalue weighted by Gasteiger charge is 2.57. The third-order valence-electron chi connectivity index (χ3n) is 7.45. The van der Waals surface area contributed by atoms with Gasteiger partial charge >= 0.3 is 5.97 Å². The molecule has 158 valence electrons. The second kappa shape index (κ2) is 6.83. The summed E-state index contributed by atoms with van der Waals surface area (Å²) in [5, 5.41) is 10.5. The van der Waals surface area contributed by atoms with E-state index in [1.807, 2.05) is 6.07 Å². The van der Waals surface area contributed by atoms with Crippen molar-refractivity contribution in [1.82, 2.24) is 4.90 Å². The van der Waals surface area contributed by atoms with E-state index < -0.39 is 11.8 Å². The van der Waals surface area contributed by atoms with Crippen LogP contribution < -0.4 is 0 Å². The van der Waals surface area contributed by atoms with Crippen LogP contribution in [-0.2, 0) is 16.6 Å². The molecular weight excluding hydrogens is 385 g/mol. The Labute approximate surface area is 175 Å². The van der Waals surface area contributed by atoms with Crippen LogP contribution in [0.15, 0.2) is 36.4 Å². The van der Waals surface area contributed by atoms with Crippen molar-refractivity contribution < 1.29 is 23.8 Å². The van der Waals surface area contributed by atoms with Crippen molar-refractivity contribution in [1.29, 1.82) is 0 Å². The van der Waals surface area contributed by atoms with Gasteiger partial charge in [-0.05, 0) is 53.6 Å². The van der Waals surface area contributed by atoms with Gasteiger partial charge in [0.25, 0.3) is 5.91 Å². The molecule has 4 rings (SSSR count). The van der Waals surface area contributed by atoms with Crippen LogP contribution in [0.3, 0.4) is 0 Å². The predicted octanol–water partition coefficient (Wildman–Crippen LogP) is 4.07. The molecule has 2 aromatic rings. The lowest BCUT2D eigenvalue weighted by Gasteiger charge is -2.60. The minimum Gasteiger partial charge on any atom is -0.508 e. The number of phenols is 1. The van der Waals surface area contributed by atoms with E-state index in [9.17, 15) is 19.1 Å². The third kappa shape index (κ3) is 2.81. The van der Waals surface area contributed by atoms with Crippen molar-refractivity contribution in [3.63, 3.8) is 0 Å². The van der Waals surface area contributed by atoms with Crippen LogP contribution in [0.4, 0.5) is 4.39 Å². The van der Waals surface area contributed by atoms with Crippen molar-refractivity contribution in [3.8, 4) is 5.75 Å². The van der Waals surface area contributed by atoms with Crippen LogP contribution in [0.5, 0.6) is 5.75 Å². The molecular formula is C24H26FNO4. The lowest BCUT2D eigenvalue weighted by Crippen LogP contribution is -2.64. The molecule has 2 atom stereocenters. The number of rotatable bonds is 2. The van der Waals surface area contributed by atoms with E-state index in [0.717, 1.165) is 29.7 Å². The van der Waals surface area contributed by atoms with Gasteiger partial charge in [-0.15, -0.1) is 0 Å². The van der Waals surface area contributed by atoms with E-state index in [1.165, 1.54) is 13.2 Å². The van der Waals surface area contributed by atoms with E-state index in [-0.39, 0.29) is 39.7 Å². The maximum atomic E-state index is 14.2. The van der Waals surface area contributed by atoms with Crippen molar-refractivity contribution >= 4 is 11.9 Å². The molecule has 30 heavy (non-hydrogen) atoms. The summed E-state index contributed by atoms with van der Waals surface area (Å²) in [6, 6.07) is 9.05. The third-order valence-corrected chi connectivity index (χ3v) is 7.45. The van der Waals surface area contributed by atoms with Crippen molar-refractivity contribution in [3.05, 3.63) is 64.5 Å². The number of carbonyl (C=O) groups is 2. The molecule has 0 radical (unpaired) electrons. The molecule has 0 unspecified atom stereocenters. The summed E-state index contributed by atoms with van der Waals surface area (Å²) in [7, 11) is 1.22. The second-order valence-corrected chi connectivity index (χ2v) is 9.05. The summed E-state index contributed by atoms with van der Waals surface area (Å²) >= 11 is 0. The highest BCUT2D eigenvalue weighted by Crippen LogP contribution is 2.57. The van der Waals surface area contributed by atoms with Crippen molar-refractivity contribution in [2.75, 3.05) is 13.7 Å². The molecule has 0 spiro atoms. The normalized spacial score (nSPS) is 24.2. The average molecular weight is 411 g/mol. The zero-order valence-electron chi connectivity index (χ0n) is 17.7. The Morgan fingerprint density at radius 2 is 1.87 bits per heavy atom. The number of aromatic hydroxyl groups is 1. The molecule has 5 nitrogen and oxygen atoms in total. The largest absolute Gasteiger partial charge is 0.508 e. The average Bonchev–Trinajstić information content (AvgIpc) is 2.69. The summed E-state index contributed by atoms with van der Waals surface area (Å²) in [6.45, 7) is 7.00. The van der Waals surface area contributed by atoms with Crippen LogP contribution >= 0.6 is 0 Å². The fourth-order valence-electron chi connectivity index (χ4n) is 5.28. The molecule has 2 bridgehead atoms. The van der Waals surface area contributed by atoms with E-state index in [2.05, 4.69) is 31.6 Å². The lowest BCUT2D eigenvalue weighted by molar-refractivity contribution is -0.0266. The maximum absolute atomic E-state index is 14.2. The molecule has 0 aromatic heterocycles. The van der Waals surface area contributed by atoms with Crippen LogP contribution in [-0.4, -0.2) is 41.6 Å². The molecule has 1 aliphatic heterocycles. The fraction of sp³-hybridized carbons (Fsp3) is 0.417. The first kappa shape index (κ1) is 20.4. The summed E-state index contributed by atoms with van der Waals surface area (Å²) < 4.78 is 18.8. The smallest absolute Gasteiger partial charge is 0.337 e. The number of amides is 1. The minimum absolute atomic E-state index is 0.00796. The first-order valence-corrected chi connectivity index (χ1v) is 10.1. The monoisotopic (exact) mass is 411 g/mol. The van der Waals surface area contributed by atoms with Crippen molar-refractivity contribution in [2.45, 2.75) is 45.1 Å². The number of carbonyl (C=O) groups excluding carboxylic acids is 2. The summed E-state index contributed by atoms with van der Waals surface area (Å²) in [6.07, 6.45) is 1.24. The van der Waals surface area contributed by atoms with Gasteiger partial charge in [-0.25, -0.2) is 9.18 Å². The van der Waals surface area contributed by atoms with Gasteiger partial charge in [0.15, 0.2) is 0 Å². The highest BCUT2D eigenvalue weighted by molar-refractivity contribution is 5.98. The Hall–Kier alpha value is -2.89. The summed E-state index contributed by atoms with van der Waals surface area (Å²) in [5.74, 6) is -1.42. The molecule has 1 aliphatic carbocycles. The topological polar surface area (TPSA) is 66.8 Å². The number of ether oxygens (including phenoxy) is 1. The Morgan fingerprint density at radius 3 is 2.57 bits per heavy atom. The van der Waals surface area contributed by atoms with E-state index in [0.29, 0.717) is 13.0 Å². The van der Waals surface area contributed by atoms with Crippen LogP contribution in [0, 0.1) is 11.2 Å². The van der Waals surface area contributed by atoms with Crippen LogP contribution in [0.1, 0.15) is 59.0 Å². The Balaban J connectivity index is 1.77. The van der Waals surface area contributed by atoms with Crippen LogP contribution in [0.25, 0.3) is 0 Å². The highest BCUT2D eigenvalue weighted by atomic mass is 19.1. The number of hydrogen-bond donors (Lipinski definition) is 1. The van der Waals surface area contributed by atoms with Gasteiger partial charge in [0.1, 0.15) is 11.6 Å². The molecule has 1 fully saturated rings. The number of halogens is 1. The lowest BCUT2D eigenvalue weighted by atomic mass is 9.51. The first-order valence-electron chi connectivity index (χ1n) is 10.1. The number of phenolic OH excluding ortho intramolecular Hbond substituents is 1. The zero-order valence-corrected chi connectivity index (χ0v) is 17.7. The van der Waals surface area contributed by atoms with Gasteiger partial charge in [0.2, 0.25) is 0 Å². The molecule has 1 amide bonds. The second-order valence-electron chi connectivity index (χ2n) is 9.05. The Morgan fingerprint density at radius 1 is 1.17 bits per heavy atom. The van der Waals surface area contributed by atoms with Crippen molar-refractivity contribution in [2.24, 2.45) is 5.41 Å². The SMILES string of the molecule is COC(=O)c1cc(F)cc(C(=O)N2CC[C@@]3(C)c4cccc(O)c4C[C@@H]2C3(C)C)c1. The molecule has 1 heterocycles. The first-order chi connectivity index (χ1) is 14.1. The molecule has 0 saturated carbocycles. The van der Waals surface area contributed by atoms with Crippen LogP contribution in [0.2, 0.25) is 0 Å². The van der Waals surface area contributed by atoms with Gasteiger partial charge < -0.3 is 14.7 Å². The quantitative estimate of drug-likeness (QED) is 0.757. The molecule has 1 N–H and O–H groups in total. The number of hydrogen-bond acceptors (Lipinski definition) is 4. The molecule has 1 saturated heterocycles. The Bertz CT molecular complexity index is 1050. The number of methoxy groups -OCH3 is 1. The maximum Gasteiger partial charge on any atom is 0.337 e. The van der Waals surface area contributed by atoms with E-state index in [1.54, 1.807) is 11.0 Å². The summed E-state index contributed by atoms with van der Waals surface area (Å²) in [4.78, 5) is 27.1. The van der Waals surface area contributed by atoms with Gasteiger partial charge in [0, 0.05) is 23.6 Å². The number of esters is 1. The van der Waals surface area contributed by atoms with E-state index >= 15 is 0 Å². The number of piperidine rings is 1. The number of nitrogens with zero attached hydrogens (tertiary/aromatic N) is 1. The minimum atomic E-state index is -0.688. The standard InChI is InChI=1S/C24H26FNO4/c1-23(2)20-13-17-18(6-5-7-19(17)27)24(23,3)8-9-26(20)21(28)14-10-15(22(29)30-4)12-16(25)11-14/h5-7,10-12,20,27H,8-9,13H2,1-4H3/t20-,24+/m1/s1. The Kier molecular flexibility index (Phi) is 4.64. The molecule has 2 aromatic carbocycles. The molecule has 6 heteroatoms. The molecule has 2 aliphatic rings. The van der Waals surface area contributed by atoms with Gasteiger partial charge in [-0.2, -0.15) is 0 Å². The number of benzene rings is 2. The zero-order chi connectivity index (χ0) is 21.8. The number of fused-ring (bicyclic) bond motifs is 4. The van der Waals surface area contributed by atoms with E-state index in [4.69, 9.17) is 0 Å². The predicted molar refractivity (Wildman–Crippen MR) is 110 cm³/mol. The summed E-state index contributed by atoms with van der Waals surface area (Å²) in [5.41, 5.74) is 1.66. The fourth-order valence-corrected chi connectivity index (χ4v) is 5.28. The van der Waals surface area contributed by atoms with Gasteiger partial charge in [-0.3, -0.25) is 4.79 Å². The number of likely N-dealkylation sites (tertiary alicyclic amines) is 1. The van der Waals surface area contributed by atoms with Gasteiger partial charge in [0.05, 0.1) is 12.7 Å². The van der Waals surface area contributed by atoms with Gasteiger partial charge in [-0.1, -0.05) is 32.9 Å².